The van der Waals surface area contributed by atoms with Gasteiger partial charge in [0, 0.05) is 20.2 Å². The SMILES string of the molecule is COCc1cn([C@H]2CCN(C(=O)Cc3ccsc3)C2)nn1. The highest BCUT2D eigenvalue weighted by Crippen LogP contribution is 2.22. The third-order valence-electron chi connectivity index (χ3n) is 3.68. The smallest absolute Gasteiger partial charge is 0.227 e. The van der Waals surface area contributed by atoms with Crippen molar-refractivity contribution in [2.24, 2.45) is 0 Å². The Bertz CT molecular complexity index is 596. The lowest BCUT2D eigenvalue weighted by molar-refractivity contribution is -0.129. The van der Waals surface area contributed by atoms with Gasteiger partial charge < -0.3 is 9.64 Å². The van der Waals surface area contributed by atoms with E-state index in [4.69, 9.17) is 4.74 Å². The van der Waals surface area contributed by atoms with Crippen molar-refractivity contribution in [3.05, 3.63) is 34.3 Å². The van der Waals surface area contributed by atoms with E-state index in [0.717, 1.165) is 24.2 Å². The average molecular weight is 306 g/mol. The van der Waals surface area contributed by atoms with Gasteiger partial charge in [0.05, 0.1) is 25.3 Å². The average Bonchev–Trinajstić information content (AvgIpc) is 3.20. The molecule has 3 heterocycles. The molecule has 6 nitrogen and oxygen atoms in total. The minimum atomic E-state index is 0.188. The number of ether oxygens (including phenoxy) is 1. The highest BCUT2D eigenvalue weighted by Gasteiger charge is 2.28. The Balaban J connectivity index is 1.58. The molecule has 112 valence electrons. The Morgan fingerprint density at radius 3 is 3.24 bits per heavy atom. The predicted octanol–water partition coefficient (Wildman–Crippen LogP) is 1.50. The van der Waals surface area contributed by atoms with Gasteiger partial charge in [-0.15, -0.1) is 5.10 Å². The van der Waals surface area contributed by atoms with Crippen molar-refractivity contribution >= 4 is 17.2 Å². The van der Waals surface area contributed by atoms with Gasteiger partial charge in [0.2, 0.25) is 5.91 Å². The first-order valence-corrected chi connectivity index (χ1v) is 7.89. The number of aromatic nitrogens is 3. The first-order chi connectivity index (χ1) is 10.3. The van der Waals surface area contributed by atoms with Gasteiger partial charge in [0.15, 0.2) is 0 Å². The molecule has 2 aromatic rings. The van der Waals surface area contributed by atoms with Crippen molar-refractivity contribution in [1.29, 1.82) is 0 Å². The maximum Gasteiger partial charge on any atom is 0.227 e. The molecule has 1 atom stereocenters. The number of rotatable bonds is 5. The molecule has 1 aliphatic rings. The van der Waals surface area contributed by atoms with Crippen LogP contribution in [0.5, 0.6) is 0 Å². The molecule has 1 fully saturated rings. The topological polar surface area (TPSA) is 60.2 Å². The van der Waals surface area contributed by atoms with E-state index in [0.29, 0.717) is 19.6 Å². The second kappa shape index (κ2) is 6.36. The lowest BCUT2D eigenvalue weighted by Gasteiger charge is -2.16. The summed E-state index contributed by atoms with van der Waals surface area (Å²) in [6.45, 7) is 1.96. The molecule has 0 bridgehead atoms. The largest absolute Gasteiger partial charge is 0.378 e. The van der Waals surface area contributed by atoms with Crippen LogP contribution < -0.4 is 0 Å². The number of likely N-dealkylation sites (tertiary alicyclic amines) is 1. The molecule has 1 saturated heterocycles. The Morgan fingerprint density at radius 2 is 2.48 bits per heavy atom. The van der Waals surface area contributed by atoms with Gasteiger partial charge in [-0.2, -0.15) is 11.3 Å². The minimum absolute atomic E-state index is 0.188. The standard InChI is InChI=1S/C14H18N4O2S/c1-20-9-12-7-18(16-15-12)13-2-4-17(8-13)14(19)6-11-3-5-21-10-11/h3,5,7,10,13H,2,4,6,8-9H2,1H3/t13-/m0/s1. The highest BCUT2D eigenvalue weighted by atomic mass is 32.1. The summed E-state index contributed by atoms with van der Waals surface area (Å²) < 4.78 is 6.90. The molecule has 0 aromatic carbocycles. The maximum atomic E-state index is 12.3. The number of methoxy groups -OCH3 is 1. The summed E-state index contributed by atoms with van der Waals surface area (Å²) in [7, 11) is 1.64. The molecule has 0 spiro atoms. The number of amides is 1. The molecular formula is C14H18N4O2S. The Morgan fingerprint density at radius 1 is 1.57 bits per heavy atom. The molecule has 21 heavy (non-hydrogen) atoms. The second-order valence-corrected chi connectivity index (χ2v) is 5.99. The van der Waals surface area contributed by atoms with Gasteiger partial charge in [0.25, 0.3) is 0 Å². The monoisotopic (exact) mass is 306 g/mol. The first kappa shape index (κ1) is 14.2. The summed E-state index contributed by atoms with van der Waals surface area (Å²) >= 11 is 1.62. The van der Waals surface area contributed by atoms with E-state index in [9.17, 15) is 4.79 Å². The molecule has 0 unspecified atom stereocenters. The number of carbonyl (C=O) groups is 1. The van der Waals surface area contributed by atoms with Crippen LogP contribution in [0.15, 0.2) is 23.0 Å². The van der Waals surface area contributed by atoms with E-state index >= 15 is 0 Å². The zero-order chi connectivity index (χ0) is 14.7. The normalized spacial score (nSPS) is 18.3. The Kier molecular flexibility index (Phi) is 4.31. The van der Waals surface area contributed by atoms with Crippen LogP contribution in [0.25, 0.3) is 0 Å². The molecule has 0 aliphatic carbocycles. The van der Waals surface area contributed by atoms with Gasteiger partial charge in [0.1, 0.15) is 5.69 Å². The van der Waals surface area contributed by atoms with Crippen molar-refractivity contribution in [2.75, 3.05) is 20.2 Å². The van der Waals surface area contributed by atoms with Gasteiger partial charge in [-0.1, -0.05) is 5.21 Å². The molecule has 1 aliphatic heterocycles. The van der Waals surface area contributed by atoms with E-state index in [1.54, 1.807) is 18.4 Å². The fourth-order valence-electron chi connectivity index (χ4n) is 2.57. The van der Waals surface area contributed by atoms with Crippen molar-refractivity contribution < 1.29 is 9.53 Å². The molecule has 0 saturated carbocycles. The van der Waals surface area contributed by atoms with Crippen LogP contribution in [0.2, 0.25) is 0 Å². The third kappa shape index (κ3) is 3.30. The third-order valence-corrected chi connectivity index (χ3v) is 4.41. The molecular weight excluding hydrogens is 288 g/mol. The predicted molar refractivity (Wildman–Crippen MR) is 79.0 cm³/mol. The summed E-state index contributed by atoms with van der Waals surface area (Å²) in [5.74, 6) is 0.188. The lowest BCUT2D eigenvalue weighted by atomic mass is 10.2. The minimum Gasteiger partial charge on any atom is -0.378 e. The van der Waals surface area contributed by atoms with Gasteiger partial charge in [-0.05, 0) is 28.8 Å². The van der Waals surface area contributed by atoms with Gasteiger partial charge >= 0.3 is 0 Å². The number of hydrogen-bond donors (Lipinski definition) is 0. The van der Waals surface area contributed by atoms with E-state index in [-0.39, 0.29) is 11.9 Å². The van der Waals surface area contributed by atoms with Crippen molar-refractivity contribution in [2.45, 2.75) is 25.5 Å². The molecule has 1 amide bonds. The van der Waals surface area contributed by atoms with Crippen molar-refractivity contribution in [3.8, 4) is 0 Å². The van der Waals surface area contributed by atoms with E-state index < -0.39 is 0 Å². The summed E-state index contributed by atoms with van der Waals surface area (Å²) in [6, 6.07) is 2.22. The molecule has 0 radical (unpaired) electrons. The maximum absolute atomic E-state index is 12.3. The van der Waals surface area contributed by atoms with Crippen molar-refractivity contribution in [1.82, 2.24) is 19.9 Å². The zero-order valence-corrected chi connectivity index (χ0v) is 12.8. The summed E-state index contributed by atoms with van der Waals surface area (Å²) in [5, 5.41) is 12.2. The lowest BCUT2D eigenvalue weighted by Crippen LogP contribution is -2.30. The molecule has 2 aromatic heterocycles. The molecule has 7 heteroatoms. The second-order valence-electron chi connectivity index (χ2n) is 5.21. The zero-order valence-electron chi connectivity index (χ0n) is 11.9. The van der Waals surface area contributed by atoms with Crippen molar-refractivity contribution in [3.63, 3.8) is 0 Å². The van der Waals surface area contributed by atoms with Crippen LogP contribution in [0.4, 0.5) is 0 Å². The number of carbonyl (C=O) groups excluding carboxylic acids is 1. The molecule has 0 N–H and O–H groups in total. The van der Waals surface area contributed by atoms with Crippen LogP contribution in [0.1, 0.15) is 23.7 Å². The van der Waals surface area contributed by atoms with Gasteiger partial charge in [-0.25, -0.2) is 4.68 Å². The Hall–Kier alpha value is -1.73. The summed E-state index contributed by atoms with van der Waals surface area (Å²) in [6.07, 6.45) is 3.31. The Labute approximate surface area is 127 Å². The summed E-state index contributed by atoms with van der Waals surface area (Å²) in [5.41, 5.74) is 1.91. The number of nitrogens with zero attached hydrogens (tertiary/aromatic N) is 4. The van der Waals surface area contributed by atoms with Crippen LogP contribution in [0.3, 0.4) is 0 Å². The number of hydrogen-bond acceptors (Lipinski definition) is 5. The van der Waals surface area contributed by atoms with E-state index in [2.05, 4.69) is 10.3 Å². The van der Waals surface area contributed by atoms with Crippen LogP contribution in [-0.4, -0.2) is 46.0 Å². The number of thiophene rings is 1. The highest BCUT2D eigenvalue weighted by molar-refractivity contribution is 7.07. The quantitative estimate of drug-likeness (QED) is 0.840. The fraction of sp³-hybridized carbons (Fsp3) is 0.500. The van der Waals surface area contributed by atoms with Crippen LogP contribution in [-0.2, 0) is 22.6 Å². The van der Waals surface area contributed by atoms with Crippen LogP contribution >= 0.6 is 11.3 Å². The first-order valence-electron chi connectivity index (χ1n) is 6.95. The fourth-order valence-corrected chi connectivity index (χ4v) is 3.24. The van der Waals surface area contributed by atoms with E-state index in [1.165, 1.54) is 0 Å². The van der Waals surface area contributed by atoms with Gasteiger partial charge in [-0.3, -0.25) is 4.79 Å². The van der Waals surface area contributed by atoms with Crippen LogP contribution in [0, 0.1) is 0 Å². The summed E-state index contributed by atoms with van der Waals surface area (Å²) in [4.78, 5) is 14.2. The molecule has 3 rings (SSSR count). The van der Waals surface area contributed by atoms with E-state index in [1.807, 2.05) is 32.6 Å².